The van der Waals surface area contributed by atoms with Gasteiger partial charge in [0, 0.05) is 18.2 Å². The molecule has 5 nitrogen and oxygen atoms in total. The summed E-state index contributed by atoms with van der Waals surface area (Å²) in [6.07, 6.45) is 0. The minimum Gasteiger partial charge on any atom is -0.465 e. The minimum atomic E-state index is -0.466. The predicted molar refractivity (Wildman–Crippen MR) is 67.8 cm³/mol. The smallest absolute Gasteiger partial charge is 0.337 e. The lowest BCUT2D eigenvalue weighted by Gasteiger charge is -2.01. The third kappa shape index (κ3) is 4.18. The second-order valence-corrected chi connectivity index (χ2v) is 3.55. The maximum atomic E-state index is 11.4. The van der Waals surface area contributed by atoms with Gasteiger partial charge >= 0.3 is 5.97 Å². The van der Waals surface area contributed by atoms with E-state index < -0.39 is 5.97 Å². The minimum absolute atomic E-state index is 0.146. The molecule has 0 aromatic heterocycles. The van der Waals surface area contributed by atoms with Gasteiger partial charge in [0.1, 0.15) is 0 Å². The molecule has 0 heterocycles. The van der Waals surface area contributed by atoms with Crippen LogP contribution in [0.3, 0.4) is 0 Å². The van der Waals surface area contributed by atoms with Crippen LogP contribution in [0.25, 0.3) is 0 Å². The van der Waals surface area contributed by atoms with Gasteiger partial charge in [-0.1, -0.05) is 11.8 Å². The molecule has 0 aliphatic heterocycles. The lowest BCUT2D eigenvalue weighted by atomic mass is 10.1. The molecule has 18 heavy (non-hydrogen) atoms. The molecule has 94 valence electrons. The fourth-order valence-corrected chi connectivity index (χ4v) is 1.27. The average molecular weight is 246 g/mol. The van der Waals surface area contributed by atoms with Crippen LogP contribution in [0.2, 0.25) is 0 Å². The van der Waals surface area contributed by atoms with Crippen LogP contribution in [-0.4, -0.2) is 25.5 Å². The molecule has 0 saturated carbocycles. The van der Waals surface area contributed by atoms with Crippen LogP contribution in [0.5, 0.6) is 0 Å². The molecule has 1 aromatic rings. The van der Waals surface area contributed by atoms with Crippen LogP contribution in [0.1, 0.15) is 22.8 Å². The van der Waals surface area contributed by atoms with Crippen LogP contribution in [-0.2, 0) is 9.53 Å². The van der Waals surface area contributed by atoms with Gasteiger partial charge in [0.05, 0.1) is 19.2 Å². The molecular weight excluding hydrogens is 232 g/mol. The zero-order valence-corrected chi connectivity index (χ0v) is 10.2. The number of rotatable bonds is 2. The first kappa shape index (κ1) is 13.6. The van der Waals surface area contributed by atoms with E-state index in [0.29, 0.717) is 16.8 Å². The summed E-state index contributed by atoms with van der Waals surface area (Å²) in [6.45, 7) is 1.66. The van der Waals surface area contributed by atoms with Crippen LogP contribution >= 0.6 is 0 Å². The van der Waals surface area contributed by atoms with Crippen LogP contribution in [0, 0.1) is 11.8 Å². The number of ether oxygens (including phenoxy) is 1. The maximum absolute atomic E-state index is 11.4. The Morgan fingerprint density at radius 1 is 1.39 bits per heavy atom. The number of nitrogens with two attached hydrogens (primary N) is 1. The van der Waals surface area contributed by atoms with Gasteiger partial charge in [-0.15, -0.1) is 0 Å². The second-order valence-electron chi connectivity index (χ2n) is 3.55. The molecule has 0 saturated heterocycles. The van der Waals surface area contributed by atoms with Crippen molar-refractivity contribution in [3.05, 3.63) is 29.3 Å². The molecule has 3 N–H and O–H groups in total. The Hall–Kier alpha value is -2.48. The van der Waals surface area contributed by atoms with E-state index in [-0.39, 0.29) is 12.5 Å². The number of amides is 1. The number of carbonyl (C=O) groups excluding carboxylic acids is 2. The Morgan fingerprint density at radius 2 is 2.11 bits per heavy atom. The van der Waals surface area contributed by atoms with Crippen molar-refractivity contribution in [2.24, 2.45) is 0 Å². The number of hydrogen-bond acceptors (Lipinski definition) is 4. The fraction of sp³-hybridized carbons (Fsp3) is 0.231. The molecule has 0 radical (unpaired) electrons. The number of carbonyl (C=O) groups is 2. The van der Waals surface area contributed by atoms with Crippen LogP contribution < -0.4 is 11.1 Å². The van der Waals surface area contributed by atoms with Crippen molar-refractivity contribution >= 4 is 17.6 Å². The van der Waals surface area contributed by atoms with E-state index in [1.807, 2.05) is 0 Å². The van der Waals surface area contributed by atoms with Gasteiger partial charge < -0.3 is 15.8 Å². The Kier molecular flexibility index (Phi) is 4.76. The molecule has 0 aliphatic carbocycles. The SMILES string of the molecule is COC(=O)c1cc(N)cc(C#CCNC(C)=O)c1. The lowest BCUT2D eigenvalue weighted by Crippen LogP contribution is -2.19. The summed E-state index contributed by atoms with van der Waals surface area (Å²) < 4.78 is 4.60. The third-order valence-corrected chi connectivity index (χ3v) is 2.03. The first-order chi connectivity index (χ1) is 8.52. The third-order valence-electron chi connectivity index (χ3n) is 2.03. The first-order valence-corrected chi connectivity index (χ1v) is 5.25. The topological polar surface area (TPSA) is 81.4 Å². The standard InChI is InChI=1S/C13H14N2O3/c1-9(16)15-5-3-4-10-6-11(13(17)18-2)8-12(14)7-10/h6-8H,5,14H2,1-2H3,(H,15,16). The van der Waals surface area contributed by atoms with Gasteiger partial charge in [-0.25, -0.2) is 4.79 Å². The number of benzene rings is 1. The van der Waals surface area contributed by atoms with Crippen molar-refractivity contribution in [2.45, 2.75) is 6.92 Å². The summed E-state index contributed by atoms with van der Waals surface area (Å²) in [7, 11) is 1.30. The Labute approximate surface area is 105 Å². The van der Waals surface area contributed by atoms with Crippen LogP contribution in [0.4, 0.5) is 5.69 Å². The average Bonchev–Trinajstić information content (AvgIpc) is 2.32. The summed E-state index contributed by atoms with van der Waals surface area (Å²) in [6, 6.07) is 4.75. The van der Waals surface area contributed by atoms with E-state index >= 15 is 0 Å². The Morgan fingerprint density at radius 3 is 2.72 bits per heavy atom. The second kappa shape index (κ2) is 6.30. The van der Waals surface area contributed by atoms with Gasteiger partial charge in [0.25, 0.3) is 0 Å². The number of hydrogen-bond donors (Lipinski definition) is 2. The van der Waals surface area contributed by atoms with E-state index in [4.69, 9.17) is 5.73 Å². The number of nitrogens with one attached hydrogen (secondary N) is 1. The summed E-state index contributed by atoms with van der Waals surface area (Å²) in [4.78, 5) is 22.0. The molecule has 5 heteroatoms. The number of nitrogen functional groups attached to an aromatic ring is 1. The normalized spacial score (nSPS) is 9.00. The van der Waals surface area contributed by atoms with Crippen molar-refractivity contribution in [1.29, 1.82) is 0 Å². The molecule has 0 atom stereocenters. The Bertz CT molecular complexity index is 527. The number of esters is 1. The summed E-state index contributed by atoms with van der Waals surface area (Å²) in [5.41, 5.74) is 7.04. The molecule has 0 bridgehead atoms. The summed E-state index contributed by atoms with van der Waals surface area (Å²) in [5, 5.41) is 2.54. The van der Waals surface area contributed by atoms with Gasteiger partial charge in [0.15, 0.2) is 0 Å². The highest BCUT2D eigenvalue weighted by Gasteiger charge is 2.06. The molecule has 1 amide bonds. The monoisotopic (exact) mass is 246 g/mol. The molecule has 1 aromatic carbocycles. The van der Waals surface area contributed by atoms with Gasteiger partial charge in [-0.05, 0) is 18.2 Å². The summed E-state index contributed by atoms with van der Waals surface area (Å²) in [5.74, 6) is 4.95. The lowest BCUT2D eigenvalue weighted by molar-refractivity contribution is -0.118. The predicted octanol–water partition coefficient (Wildman–Crippen LogP) is 0.543. The van der Waals surface area contributed by atoms with E-state index in [1.54, 1.807) is 12.1 Å². The molecule has 0 aliphatic rings. The van der Waals surface area contributed by atoms with Crippen molar-refractivity contribution in [1.82, 2.24) is 5.32 Å². The van der Waals surface area contributed by atoms with E-state index in [2.05, 4.69) is 21.9 Å². The van der Waals surface area contributed by atoms with Crippen molar-refractivity contribution in [3.63, 3.8) is 0 Å². The highest BCUT2D eigenvalue weighted by Crippen LogP contribution is 2.12. The van der Waals surface area contributed by atoms with Gasteiger partial charge in [0.2, 0.25) is 5.91 Å². The quantitative estimate of drug-likeness (QED) is 0.453. The van der Waals surface area contributed by atoms with Gasteiger partial charge in [-0.3, -0.25) is 4.79 Å². The molecule has 0 unspecified atom stereocenters. The van der Waals surface area contributed by atoms with Crippen LogP contribution in [0.15, 0.2) is 18.2 Å². The number of methoxy groups -OCH3 is 1. The molecule has 0 spiro atoms. The zero-order valence-electron chi connectivity index (χ0n) is 10.2. The summed E-state index contributed by atoms with van der Waals surface area (Å²) >= 11 is 0. The molecule has 0 fully saturated rings. The zero-order chi connectivity index (χ0) is 13.5. The van der Waals surface area contributed by atoms with Gasteiger partial charge in [-0.2, -0.15) is 0 Å². The van der Waals surface area contributed by atoms with E-state index in [0.717, 1.165) is 0 Å². The fourth-order valence-electron chi connectivity index (χ4n) is 1.27. The molecular formula is C13H14N2O3. The number of anilines is 1. The maximum Gasteiger partial charge on any atom is 0.337 e. The first-order valence-electron chi connectivity index (χ1n) is 5.25. The molecule has 1 rings (SSSR count). The highest BCUT2D eigenvalue weighted by atomic mass is 16.5. The van der Waals surface area contributed by atoms with E-state index in [9.17, 15) is 9.59 Å². The Balaban J connectivity index is 2.86. The van der Waals surface area contributed by atoms with Crippen molar-refractivity contribution in [2.75, 3.05) is 19.4 Å². The van der Waals surface area contributed by atoms with Crippen molar-refractivity contribution in [3.8, 4) is 11.8 Å². The van der Waals surface area contributed by atoms with E-state index in [1.165, 1.54) is 20.1 Å². The highest BCUT2D eigenvalue weighted by molar-refractivity contribution is 5.90. The largest absolute Gasteiger partial charge is 0.465 e. The van der Waals surface area contributed by atoms with Crippen molar-refractivity contribution < 1.29 is 14.3 Å².